The van der Waals surface area contributed by atoms with Gasteiger partial charge in [-0.25, -0.2) is 0 Å². The maximum Gasteiger partial charge on any atom is 0.163 e. The molecule has 0 aromatic heterocycles. The van der Waals surface area contributed by atoms with Crippen LogP contribution in [-0.2, 0) is 4.79 Å². The maximum atomic E-state index is 11.6. The Morgan fingerprint density at radius 3 is 2.38 bits per heavy atom. The average molecular weight is 223 g/mol. The van der Waals surface area contributed by atoms with Crippen molar-refractivity contribution in [2.24, 2.45) is 0 Å². The molecule has 0 heterocycles. The molecule has 0 aromatic carbocycles. The van der Waals surface area contributed by atoms with E-state index in [0.717, 1.165) is 25.0 Å². The van der Waals surface area contributed by atoms with Gasteiger partial charge in [-0.15, -0.1) is 11.8 Å². The van der Waals surface area contributed by atoms with Gasteiger partial charge in [0.1, 0.15) is 4.21 Å². The van der Waals surface area contributed by atoms with Crippen molar-refractivity contribution in [2.45, 2.75) is 50.7 Å². The van der Waals surface area contributed by atoms with Gasteiger partial charge in [-0.1, -0.05) is 45.2 Å². The fraction of sp³-hybridized carbons (Fsp3) is 0.900. The molecule has 0 aliphatic rings. The van der Waals surface area contributed by atoms with Crippen molar-refractivity contribution in [3.05, 3.63) is 0 Å². The third-order valence-corrected chi connectivity index (χ3v) is 3.87. The average Bonchev–Trinajstić information content (AvgIpc) is 2.14. The van der Waals surface area contributed by atoms with Gasteiger partial charge in [-0.05, 0) is 12.2 Å². The Bertz CT molecular complexity index is 161. The van der Waals surface area contributed by atoms with E-state index in [1.165, 1.54) is 0 Å². The molecule has 1 nitrogen and oxygen atoms in total. The molecule has 0 saturated carbocycles. The molecule has 0 fully saturated rings. The third-order valence-electron chi connectivity index (χ3n) is 1.96. The number of carbonyl (C=O) groups is 1. The van der Waals surface area contributed by atoms with E-state index < -0.39 is 4.21 Å². The number of hydrogen-bond acceptors (Lipinski definition) is 2. The first kappa shape index (κ1) is 13.3. The number of hydrogen-bond donors (Lipinski definition) is 0. The molecule has 0 amide bonds. The zero-order valence-electron chi connectivity index (χ0n) is 8.73. The van der Waals surface area contributed by atoms with E-state index in [-0.39, 0.29) is 5.78 Å². The van der Waals surface area contributed by atoms with E-state index >= 15 is 0 Å². The van der Waals surface area contributed by atoms with E-state index in [1.54, 1.807) is 11.8 Å². The fourth-order valence-electron chi connectivity index (χ4n) is 1.19. The van der Waals surface area contributed by atoms with Crippen LogP contribution in [-0.4, -0.2) is 15.7 Å². The summed E-state index contributed by atoms with van der Waals surface area (Å²) in [5.74, 6) is 1.08. The monoisotopic (exact) mass is 222 g/mol. The van der Waals surface area contributed by atoms with Gasteiger partial charge in [0.15, 0.2) is 5.78 Å². The van der Waals surface area contributed by atoms with E-state index in [1.807, 2.05) is 13.8 Å². The van der Waals surface area contributed by atoms with Crippen LogP contribution in [0.15, 0.2) is 0 Å². The summed E-state index contributed by atoms with van der Waals surface area (Å²) < 4.78 is -0.639. The number of unbranched alkanes of at least 4 members (excludes halogenated alkanes) is 1. The van der Waals surface area contributed by atoms with Gasteiger partial charge in [0.05, 0.1) is 0 Å². The van der Waals surface area contributed by atoms with Crippen LogP contribution in [0.2, 0.25) is 0 Å². The van der Waals surface area contributed by atoms with Crippen molar-refractivity contribution in [2.75, 3.05) is 5.75 Å². The summed E-state index contributed by atoms with van der Waals surface area (Å²) in [4.78, 5) is 11.6. The number of ketones is 1. The number of thioether (sulfide) groups is 1. The number of Topliss-reactive ketones (excluding diaryl/α,β-unsaturated/α-hetero) is 1. The van der Waals surface area contributed by atoms with Gasteiger partial charge >= 0.3 is 0 Å². The fourth-order valence-corrected chi connectivity index (χ4v) is 2.84. The van der Waals surface area contributed by atoms with Crippen molar-refractivity contribution in [1.82, 2.24) is 0 Å². The van der Waals surface area contributed by atoms with Crippen LogP contribution >= 0.6 is 23.4 Å². The summed E-state index contributed by atoms with van der Waals surface area (Å²) in [7, 11) is 0. The van der Waals surface area contributed by atoms with Crippen LogP contribution in [0.1, 0.15) is 46.5 Å². The van der Waals surface area contributed by atoms with Crippen LogP contribution < -0.4 is 0 Å². The minimum absolute atomic E-state index is 0.175. The van der Waals surface area contributed by atoms with Crippen molar-refractivity contribution >= 4 is 29.1 Å². The first-order chi connectivity index (χ1) is 6.10. The lowest BCUT2D eigenvalue weighted by molar-refractivity contribution is -0.119. The predicted octanol–water partition coefficient (Wildman–Crippen LogP) is 3.84. The van der Waals surface area contributed by atoms with Gasteiger partial charge in [-0.2, -0.15) is 0 Å². The Morgan fingerprint density at radius 1 is 1.38 bits per heavy atom. The van der Waals surface area contributed by atoms with Crippen LogP contribution in [0.4, 0.5) is 0 Å². The molecule has 78 valence electrons. The van der Waals surface area contributed by atoms with Crippen LogP contribution in [0.3, 0.4) is 0 Å². The van der Waals surface area contributed by atoms with Gasteiger partial charge in [0.25, 0.3) is 0 Å². The SMILES string of the molecule is CCCCC(Cl)(SCC)C(=O)CC. The molecule has 0 spiro atoms. The summed E-state index contributed by atoms with van der Waals surface area (Å²) in [5.41, 5.74) is 0. The van der Waals surface area contributed by atoms with Gasteiger partial charge in [-0.3, -0.25) is 4.79 Å². The molecule has 1 unspecified atom stereocenters. The molecule has 0 aliphatic heterocycles. The van der Waals surface area contributed by atoms with E-state index in [4.69, 9.17) is 11.6 Å². The Hall–Kier alpha value is 0.310. The number of halogens is 1. The van der Waals surface area contributed by atoms with E-state index in [2.05, 4.69) is 6.92 Å². The molecule has 3 heteroatoms. The molecule has 0 aromatic rings. The standard InChI is InChI=1S/C10H19ClOS/c1-4-7-8-10(11,13-6-3)9(12)5-2/h4-8H2,1-3H3. The highest BCUT2D eigenvalue weighted by Crippen LogP contribution is 2.36. The van der Waals surface area contributed by atoms with Crippen LogP contribution in [0, 0.1) is 0 Å². The zero-order valence-corrected chi connectivity index (χ0v) is 10.3. The first-order valence-electron chi connectivity index (χ1n) is 4.96. The molecule has 0 rings (SSSR count). The molecule has 1 atom stereocenters. The summed E-state index contributed by atoms with van der Waals surface area (Å²) in [6, 6.07) is 0. The van der Waals surface area contributed by atoms with E-state index in [0.29, 0.717) is 6.42 Å². The first-order valence-corrected chi connectivity index (χ1v) is 6.33. The highest BCUT2D eigenvalue weighted by atomic mass is 35.5. The second-order valence-electron chi connectivity index (χ2n) is 3.04. The molecule has 0 saturated heterocycles. The lowest BCUT2D eigenvalue weighted by Gasteiger charge is -2.23. The highest BCUT2D eigenvalue weighted by molar-refractivity contribution is 8.02. The minimum atomic E-state index is -0.639. The Labute approximate surface area is 90.6 Å². The number of rotatable bonds is 7. The zero-order chi connectivity index (χ0) is 10.3. The Balaban J connectivity index is 4.23. The molecular weight excluding hydrogens is 204 g/mol. The largest absolute Gasteiger partial charge is 0.297 e. The van der Waals surface area contributed by atoms with Gasteiger partial charge in [0.2, 0.25) is 0 Å². The second-order valence-corrected chi connectivity index (χ2v) is 5.47. The quantitative estimate of drug-likeness (QED) is 0.609. The maximum absolute atomic E-state index is 11.6. The Kier molecular flexibility index (Phi) is 6.88. The number of alkyl halides is 1. The summed E-state index contributed by atoms with van der Waals surface area (Å²) in [6.07, 6.45) is 3.47. The molecule has 0 aliphatic carbocycles. The van der Waals surface area contributed by atoms with Crippen molar-refractivity contribution < 1.29 is 4.79 Å². The van der Waals surface area contributed by atoms with Crippen molar-refractivity contribution in [3.63, 3.8) is 0 Å². The lowest BCUT2D eigenvalue weighted by atomic mass is 10.1. The van der Waals surface area contributed by atoms with Crippen LogP contribution in [0.25, 0.3) is 0 Å². The molecule has 0 radical (unpaired) electrons. The number of carbonyl (C=O) groups excluding carboxylic acids is 1. The molecular formula is C10H19ClOS. The minimum Gasteiger partial charge on any atom is -0.297 e. The predicted molar refractivity (Wildman–Crippen MR) is 61.5 cm³/mol. The lowest BCUT2D eigenvalue weighted by Crippen LogP contribution is -2.28. The summed E-state index contributed by atoms with van der Waals surface area (Å²) in [5, 5.41) is 0. The van der Waals surface area contributed by atoms with Gasteiger partial charge in [0, 0.05) is 6.42 Å². The topological polar surface area (TPSA) is 17.1 Å². The van der Waals surface area contributed by atoms with Crippen molar-refractivity contribution in [3.8, 4) is 0 Å². The molecule has 0 bridgehead atoms. The summed E-state index contributed by atoms with van der Waals surface area (Å²) in [6.45, 7) is 6.03. The van der Waals surface area contributed by atoms with Crippen LogP contribution in [0.5, 0.6) is 0 Å². The second kappa shape index (κ2) is 6.72. The third kappa shape index (κ3) is 4.37. The summed E-state index contributed by atoms with van der Waals surface area (Å²) >= 11 is 7.85. The van der Waals surface area contributed by atoms with Gasteiger partial charge < -0.3 is 0 Å². The smallest absolute Gasteiger partial charge is 0.163 e. The molecule has 0 N–H and O–H groups in total. The normalized spacial score (nSPS) is 15.4. The molecule has 13 heavy (non-hydrogen) atoms. The highest BCUT2D eigenvalue weighted by Gasteiger charge is 2.33. The van der Waals surface area contributed by atoms with E-state index in [9.17, 15) is 4.79 Å². The Morgan fingerprint density at radius 2 is 2.00 bits per heavy atom. The van der Waals surface area contributed by atoms with Crippen molar-refractivity contribution in [1.29, 1.82) is 0 Å².